The van der Waals surface area contributed by atoms with Crippen LogP contribution in [0.4, 0.5) is 17.6 Å². The molecule has 0 bridgehead atoms. The van der Waals surface area contributed by atoms with E-state index in [9.17, 15) is 22.4 Å². The van der Waals surface area contributed by atoms with E-state index in [1.54, 1.807) is 12.1 Å². The molecule has 7 heteroatoms. The summed E-state index contributed by atoms with van der Waals surface area (Å²) in [5.74, 6) is -1.58. The SMILES string of the molecule is CN(Cc1ccco1)C(=O)c1ccc(F)c(C(F)(F)F)c1. The van der Waals surface area contributed by atoms with Crippen molar-refractivity contribution in [2.75, 3.05) is 7.05 Å². The molecule has 0 fully saturated rings. The summed E-state index contributed by atoms with van der Waals surface area (Å²) in [6.07, 6.45) is -3.42. The van der Waals surface area contributed by atoms with Gasteiger partial charge in [-0.05, 0) is 30.3 Å². The number of alkyl halides is 3. The Kier molecular flexibility index (Phi) is 4.02. The third-order valence-corrected chi connectivity index (χ3v) is 2.84. The second-order valence-corrected chi connectivity index (χ2v) is 4.43. The van der Waals surface area contributed by atoms with Gasteiger partial charge in [-0.2, -0.15) is 13.2 Å². The molecule has 1 aromatic heterocycles. The molecule has 0 aliphatic heterocycles. The van der Waals surface area contributed by atoms with Gasteiger partial charge in [-0.1, -0.05) is 0 Å². The number of nitrogens with zero attached hydrogens (tertiary/aromatic N) is 1. The van der Waals surface area contributed by atoms with E-state index < -0.39 is 23.5 Å². The molecule has 0 saturated heterocycles. The van der Waals surface area contributed by atoms with Crippen molar-refractivity contribution in [3.63, 3.8) is 0 Å². The Hall–Kier alpha value is -2.31. The summed E-state index contributed by atoms with van der Waals surface area (Å²) < 4.78 is 56.1. The zero-order chi connectivity index (χ0) is 15.6. The summed E-state index contributed by atoms with van der Waals surface area (Å²) in [5, 5.41) is 0. The number of rotatable bonds is 3. The first-order valence-electron chi connectivity index (χ1n) is 5.93. The lowest BCUT2D eigenvalue weighted by atomic mass is 10.1. The van der Waals surface area contributed by atoms with E-state index in [1.165, 1.54) is 18.2 Å². The van der Waals surface area contributed by atoms with Gasteiger partial charge in [-0.25, -0.2) is 4.39 Å². The normalized spacial score (nSPS) is 11.5. The highest BCUT2D eigenvalue weighted by molar-refractivity contribution is 5.94. The third-order valence-electron chi connectivity index (χ3n) is 2.84. The Labute approximate surface area is 117 Å². The molecule has 0 aliphatic rings. The van der Waals surface area contributed by atoms with E-state index >= 15 is 0 Å². The average molecular weight is 301 g/mol. The largest absolute Gasteiger partial charge is 0.467 e. The molecule has 2 aromatic rings. The highest BCUT2D eigenvalue weighted by Gasteiger charge is 2.34. The monoisotopic (exact) mass is 301 g/mol. The van der Waals surface area contributed by atoms with Crippen LogP contribution < -0.4 is 0 Å². The number of furan rings is 1. The Morgan fingerprint density at radius 2 is 2.00 bits per heavy atom. The van der Waals surface area contributed by atoms with Crippen LogP contribution in [0, 0.1) is 5.82 Å². The van der Waals surface area contributed by atoms with Crippen LogP contribution in [0.25, 0.3) is 0 Å². The fourth-order valence-corrected chi connectivity index (χ4v) is 1.80. The lowest BCUT2D eigenvalue weighted by molar-refractivity contribution is -0.140. The molecule has 1 amide bonds. The fourth-order valence-electron chi connectivity index (χ4n) is 1.80. The Morgan fingerprint density at radius 3 is 2.57 bits per heavy atom. The average Bonchev–Trinajstić information content (AvgIpc) is 2.90. The lowest BCUT2D eigenvalue weighted by Crippen LogP contribution is -2.26. The second-order valence-electron chi connectivity index (χ2n) is 4.43. The van der Waals surface area contributed by atoms with Gasteiger partial charge in [0.05, 0.1) is 18.4 Å². The Morgan fingerprint density at radius 1 is 1.29 bits per heavy atom. The van der Waals surface area contributed by atoms with Gasteiger partial charge in [0.2, 0.25) is 0 Å². The molecule has 112 valence electrons. The molecule has 0 N–H and O–H groups in total. The van der Waals surface area contributed by atoms with Gasteiger partial charge in [0.25, 0.3) is 5.91 Å². The number of hydrogen-bond donors (Lipinski definition) is 0. The van der Waals surface area contributed by atoms with E-state index in [2.05, 4.69) is 0 Å². The molecule has 0 unspecified atom stereocenters. The van der Waals surface area contributed by atoms with Gasteiger partial charge in [-0.15, -0.1) is 0 Å². The number of halogens is 4. The van der Waals surface area contributed by atoms with Crippen molar-refractivity contribution in [3.8, 4) is 0 Å². The summed E-state index contributed by atoms with van der Waals surface area (Å²) in [4.78, 5) is 13.2. The molecule has 3 nitrogen and oxygen atoms in total. The third kappa shape index (κ3) is 3.42. The maximum atomic E-state index is 13.2. The molecule has 0 spiro atoms. The first-order valence-corrected chi connectivity index (χ1v) is 5.93. The number of amides is 1. The minimum Gasteiger partial charge on any atom is -0.467 e. The Balaban J connectivity index is 2.23. The standard InChI is InChI=1S/C14H11F4NO2/c1-19(8-10-3-2-6-21-10)13(20)9-4-5-12(15)11(7-9)14(16,17)18/h2-7H,8H2,1H3. The van der Waals surface area contributed by atoms with E-state index in [-0.39, 0.29) is 12.1 Å². The molecule has 0 saturated carbocycles. The molecule has 2 rings (SSSR count). The maximum absolute atomic E-state index is 13.2. The van der Waals surface area contributed by atoms with Crippen LogP contribution in [0.3, 0.4) is 0 Å². The Bertz CT molecular complexity index is 635. The molecule has 0 aliphatic carbocycles. The predicted molar refractivity (Wildman–Crippen MR) is 65.9 cm³/mol. The van der Waals surface area contributed by atoms with E-state index in [0.717, 1.165) is 6.07 Å². The summed E-state index contributed by atoms with van der Waals surface area (Å²) in [6.45, 7) is 0.102. The van der Waals surface area contributed by atoms with Crippen molar-refractivity contribution in [2.45, 2.75) is 12.7 Å². The topological polar surface area (TPSA) is 33.5 Å². The van der Waals surface area contributed by atoms with Crippen molar-refractivity contribution in [1.82, 2.24) is 4.90 Å². The summed E-state index contributed by atoms with van der Waals surface area (Å²) >= 11 is 0. The number of carbonyl (C=O) groups excluding carboxylic acids is 1. The lowest BCUT2D eigenvalue weighted by Gasteiger charge is -2.17. The van der Waals surface area contributed by atoms with Gasteiger partial charge < -0.3 is 9.32 Å². The van der Waals surface area contributed by atoms with Crippen LogP contribution in [0.15, 0.2) is 41.0 Å². The molecular weight excluding hydrogens is 290 g/mol. The smallest absolute Gasteiger partial charge is 0.419 e. The first-order chi connectivity index (χ1) is 9.79. The van der Waals surface area contributed by atoms with E-state index in [1.807, 2.05) is 0 Å². The summed E-state index contributed by atoms with van der Waals surface area (Å²) in [6, 6.07) is 5.43. The van der Waals surface area contributed by atoms with E-state index in [0.29, 0.717) is 17.9 Å². The number of benzene rings is 1. The zero-order valence-electron chi connectivity index (χ0n) is 10.9. The van der Waals surface area contributed by atoms with Crippen molar-refractivity contribution < 1.29 is 26.8 Å². The summed E-state index contributed by atoms with van der Waals surface area (Å²) in [5.41, 5.74) is -1.70. The van der Waals surface area contributed by atoms with Gasteiger partial charge >= 0.3 is 6.18 Å². The van der Waals surface area contributed by atoms with Crippen molar-refractivity contribution in [2.24, 2.45) is 0 Å². The molecular formula is C14H11F4NO2. The molecule has 1 aromatic carbocycles. The van der Waals surface area contributed by atoms with Crippen molar-refractivity contribution in [3.05, 3.63) is 59.3 Å². The second kappa shape index (κ2) is 5.59. The minimum absolute atomic E-state index is 0.102. The van der Waals surface area contributed by atoms with Crippen LogP contribution in [-0.2, 0) is 12.7 Å². The fraction of sp³-hybridized carbons (Fsp3) is 0.214. The minimum atomic E-state index is -4.85. The predicted octanol–water partition coefficient (Wildman–Crippen LogP) is 3.71. The van der Waals surface area contributed by atoms with Gasteiger partial charge in [-0.3, -0.25) is 4.79 Å². The van der Waals surface area contributed by atoms with Gasteiger partial charge in [0, 0.05) is 12.6 Å². The number of carbonyl (C=O) groups is 1. The van der Waals surface area contributed by atoms with E-state index in [4.69, 9.17) is 4.42 Å². The summed E-state index contributed by atoms with van der Waals surface area (Å²) in [7, 11) is 1.42. The van der Waals surface area contributed by atoms with Crippen molar-refractivity contribution >= 4 is 5.91 Å². The molecule has 21 heavy (non-hydrogen) atoms. The molecule has 1 heterocycles. The van der Waals surface area contributed by atoms with Crippen LogP contribution >= 0.6 is 0 Å². The van der Waals surface area contributed by atoms with Crippen LogP contribution in [0.2, 0.25) is 0 Å². The van der Waals surface area contributed by atoms with Crippen LogP contribution in [0.5, 0.6) is 0 Å². The molecule has 0 radical (unpaired) electrons. The first kappa shape index (κ1) is 15.1. The number of hydrogen-bond acceptors (Lipinski definition) is 2. The van der Waals surface area contributed by atoms with Crippen LogP contribution in [-0.4, -0.2) is 17.9 Å². The van der Waals surface area contributed by atoms with Crippen molar-refractivity contribution in [1.29, 1.82) is 0 Å². The molecule has 0 atom stereocenters. The maximum Gasteiger partial charge on any atom is 0.419 e. The van der Waals surface area contributed by atoms with Gasteiger partial charge in [0.15, 0.2) is 0 Å². The highest BCUT2D eigenvalue weighted by atomic mass is 19.4. The zero-order valence-corrected chi connectivity index (χ0v) is 10.9. The van der Waals surface area contributed by atoms with Gasteiger partial charge in [0.1, 0.15) is 11.6 Å². The highest BCUT2D eigenvalue weighted by Crippen LogP contribution is 2.32. The quantitative estimate of drug-likeness (QED) is 0.810. The van der Waals surface area contributed by atoms with Crippen LogP contribution in [0.1, 0.15) is 21.7 Å².